The monoisotopic (exact) mass is 323 g/mol. The number of nitrogens with two attached hydrogens (primary N) is 1. The summed E-state index contributed by atoms with van der Waals surface area (Å²) in [5.41, 5.74) is 8.41. The van der Waals surface area contributed by atoms with E-state index in [9.17, 15) is 0 Å². The summed E-state index contributed by atoms with van der Waals surface area (Å²) in [6.07, 6.45) is 1.84. The zero-order valence-electron chi connectivity index (χ0n) is 12.2. The van der Waals surface area contributed by atoms with Crippen LogP contribution < -0.4 is 10.5 Å². The molecule has 21 heavy (non-hydrogen) atoms. The van der Waals surface area contributed by atoms with E-state index >= 15 is 0 Å². The van der Waals surface area contributed by atoms with Gasteiger partial charge in [-0.1, -0.05) is 42.3 Å². The standard InChI is InChI=1S/C17H19Cl2NO/c1-3-13(20)10-12-7-8-14(9-11(12)2)21-16-6-4-5-15(18)17(16)19/h4-9,13H,3,10,20H2,1-2H3. The normalized spacial score (nSPS) is 12.2. The second-order valence-electron chi connectivity index (χ2n) is 5.11. The molecule has 0 amide bonds. The third-order valence-corrected chi connectivity index (χ3v) is 4.27. The van der Waals surface area contributed by atoms with Gasteiger partial charge in [-0.3, -0.25) is 0 Å². The second kappa shape index (κ2) is 7.17. The number of hydrogen-bond acceptors (Lipinski definition) is 2. The highest BCUT2D eigenvalue weighted by atomic mass is 35.5. The van der Waals surface area contributed by atoms with Gasteiger partial charge in [0.25, 0.3) is 0 Å². The summed E-state index contributed by atoms with van der Waals surface area (Å²) in [5.74, 6) is 1.30. The first kappa shape index (κ1) is 16.2. The molecule has 1 atom stereocenters. The molecular formula is C17H19Cl2NO. The third-order valence-electron chi connectivity index (χ3n) is 3.46. The van der Waals surface area contributed by atoms with Crippen molar-refractivity contribution >= 4 is 23.2 Å². The molecule has 2 N–H and O–H groups in total. The van der Waals surface area contributed by atoms with Gasteiger partial charge in [-0.15, -0.1) is 0 Å². The van der Waals surface area contributed by atoms with Gasteiger partial charge in [-0.25, -0.2) is 0 Å². The van der Waals surface area contributed by atoms with E-state index in [-0.39, 0.29) is 6.04 Å². The minimum atomic E-state index is 0.192. The van der Waals surface area contributed by atoms with Gasteiger partial charge in [0.1, 0.15) is 16.5 Å². The average molecular weight is 324 g/mol. The van der Waals surface area contributed by atoms with E-state index in [0.29, 0.717) is 15.8 Å². The summed E-state index contributed by atoms with van der Waals surface area (Å²) >= 11 is 12.1. The fourth-order valence-corrected chi connectivity index (χ4v) is 2.41. The van der Waals surface area contributed by atoms with Crippen molar-refractivity contribution in [2.24, 2.45) is 5.73 Å². The van der Waals surface area contributed by atoms with Crippen molar-refractivity contribution in [3.05, 3.63) is 57.6 Å². The topological polar surface area (TPSA) is 35.2 Å². The van der Waals surface area contributed by atoms with Gasteiger partial charge >= 0.3 is 0 Å². The van der Waals surface area contributed by atoms with E-state index < -0.39 is 0 Å². The highest BCUT2D eigenvalue weighted by Gasteiger charge is 2.09. The van der Waals surface area contributed by atoms with Crippen molar-refractivity contribution in [3.63, 3.8) is 0 Å². The maximum absolute atomic E-state index is 6.13. The van der Waals surface area contributed by atoms with E-state index in [1.165, 1.54) is 5.56 Å². The van der Waals surface area contributed by atoms with Crippen LogP contribution in [0.25, 0.3) is 0 Å². The molecule has 2 aromatic rings. The molecule has 2 nitrogen and oxygen atoms in total. The van der Waals surface area contributed by atoms with Crippen molar-refractivity contribution in [3.8, 4) is 11.5 Å². The molecule has 0 aromatic heterocycles. The number of hydrogen-bond donors (Lipinski definition) is 1. The Morgan fingerprint density at radius 1 is 1.19 bits per heavy atom. The van der Waals surface area contributed by atoms with Crippen molar-refractivity contribution < 1.29 is 4.74 Å². The van der Waals surface area contributed by atoms with E-state index in [1.807, 2.05) is 18.2 Å². The van der Waals surface area contributed by atoms with Gasteiger partial charge in [-0.2, -0.15) is 0 Å². The van der Waals surface area contributed by atoms with Crippen LogP contribution in [0.15, 0.2) is 36.4 Å². The average Bonchev–Trinajstić information content (AvgIpc) is 2.46. The third kappa shape index (κ3) is 4.13. The molecule has 2 aromatic carbocycles. The Morgan fingerprint density at radius 2 is 1.95 bits per heavy atom. The first-order valence-electron chi connectivity index (χ1n) is 6.98. The molecule has 0 aliphatic rings. The van der Waals surface area contributed by atoms with Crippen LogP contribution in [0.4, 0.5) is 0 Å². The van der Waals surface area contributed by atoms with Crippen LogP contribution in [0.3, 0.4) is 0 Å². The minimum Gasteiger partial charge on any atom is -0.456 e. The fraction of sp³-hybridized carbons (Fsp3) is 0.294. The van der Waals surface area contributed by atoms with Crippen molar-refractivity contribution in [2.75, 3.05) is 0 Å². The fourth-order valence-electron chi connectivity index (χ4n) is 2.08. The lowest BCUT2D eigenvalue weighted by Gasteiger charge is -2.13. The van der Waals surface area contributed by atoms with Crippen LogP contribution in [0.5, 0.6) is 11.5 Å². The number of rotatable bonds is 5. The summed E-state index contributed by atoms with van der Waals surface area (Å²) in [6, 6.07) is 11.5. The lowest BCUT2D eigenvalue weighted by molar-refractivity contribution is 0.482. The summed E-state index contributed by atoms with van der Waals surface area (Å²) in [6.45, 7) is 4.16. The lowest BCUT2D eigenvalue weighted by atomic mass is 10.00. The number of ether oxygens (including phenoxy) is 1. The van der Waals surface area contributed by atoms with Crippen LogP contribution in [0.1, 0.15) is 24.5 Å². The minimum absolute atomic E-state index is 0.192. The predicted molar refractivity (Wildman–Crippen MR) is 89.7 cm³/mol. The van der Waals surface area contributed by atoms with Gasteiger partial charge < -0.3 is 10.5 Å². The molecule has 0 heterocycles. The molecule has 0 spiro atoms. The van der Waals surface area contributed by atoms with Gasteiger partial charge in [0.05, 0.1) is 5.02 Å². The van der Waals surface area contributed by atoms with Crippen molar-refractivity contribution in [2.45, 2.75) is 32.7 Å². The highest BCUT2D eigenvalue weighted by molar-refractivity contribution is 6.42. The Bertz CT molecular complexity index is 628. The van der Waals surface area contributed by atoms with Crippen molar-refractivity contribution in [1.29, 1.82) is 0 Å². The molecule has 0 bridgehead atoms. The van der Waals surface area contributed by atoms with Crippen molar-refractivity contribution in [1.82, 2.24) is 0 Å². The summed E-state index contributed by atoms with van der Waals surface area (Å²) in [5, 5.41) is 0.908. The van der Waals surface area contributed by atoms with Gasteiger partial charge in [-0.05, 0) is 55.2 Å². The summed E-state index contributed by atoms with van der Waals surface area (Å²) in [7, 11) is 0. The van der Waals surface area contributed by atoms with E-state index in [1.54, 1.807) is 12.1 Å². The molecule has 0 saturated heterocycles. The SMILES string of the molecule is CCC(N)Cc1ccc(Oc2cccc(Cl)c2Cl)cc1C. The number of benzene rings is 2. The Hall–Kier alpha value is -1.22. The molecule has 0 fully saturated rings. The zero-order chi connectivity index (χ0) is 15.4. The van der Waals surface area contributed by atoms with Gasteiger partial charge in [0, 0.05) is 6.04 Å². The molecule has 112 valence electrons. The Morgan fingerprint density at radius 3 is 2.62 bits per heavy atom. The Labute approximate surface area is 135 Å². The van der Waals surface area contributed by atoms with E-state index in [2.05, 4.69) is 19.9 Å². The molecule has 1 unspecified atom stereocenters. The van der Waals surface area contributed by atoms with E-state index in [0.717, 1.165) is 24.2 Å². The smallest absolute Gasteiger partial charge is 0.147 e. The van der Waals surface area contributed by atoms with Crippen LogP contribution in [0, 0.1) is 6.92 Å². The molecule has 0 aliphatic heterocycles. The molecular weight excluding hydrogens is 305 g/mol. The number of aryl methyl sites for hydroxylation is 1. The molecule has 0 radical (unpaired) electrons. The molecule has 2 rings (SSSR count). The quantitative estimate of drug-likeness (QED) is 0.802. The molecule has 0 saturated carbocycles. The maximum atomic E-state index is 6.13. The molecule has 4 heteroatoms. The summed E-state index contributed by atoms with van der Waals surface area (Å²) in [4.78, 5) is 0. The largest absolute Gasteiger partial charge is 0.456 e. The zero-order valence-corrected chi connectivity index (χ0v) is 13.7. The van der Waals surface area contributed by atoms with Crippen LogP contribution in [-0.4, -0.2) is 6.04 Å². The van der Waals surface area contributed by atoms with E-state index in [4.69, 9.17) is 33.7 Å². The summed E-state index contributed by atoms with van der Waals surface area (Å²) < 4.78 is 5.81. The Balaban J connectivity index is 2.18. The van der Waals surface area contributed by atoms with Crippen LogP contribution in [0.2, 0.25) is 10.0 Å². The second-order valence-corrected chi connectivity index (χ2v) is 5.90. The first-order valence-corrected chi connectivity index (χ1v) is 7.73. The number of halogens is 2. The van der Waals surface area contributed by atoms with Crippen LogP contribution in [-0.2, 0) is 6.42 Å². The van der Waals surface area contributed by atoms with Crippen LogP contribution >= 0.6 is 23.2 Å². The molecule has 0 aliphatic carbocycles. The lowest BCUT2D eigenvalue weighted by Crippen LogP contribution is -2.21. The first-order chi connectivity index (χ1) is 10.0. The van der Waals surface area contributed by atoms with Gasteiger partial charge in [0.2, 0.25) is 0 Å². The highest BCUT2D eigenvalue weighted by Crippen LogP contribution is 2.35. The van der Waals surface area contributed by atoms with Gasteiger partial charge in [0.15, 0.2) is 0 Å². The maximum Gasteiger partial charge on any atom is 0.147 e. The predicted octanol–water partition coefficient (Wildman–Crippen LogP) is 5.37. The Kier molecular flexibility index (Phi) is 5.51.